The number of alkyl halides is 3. The molecule has 0 aromatic heterocycles. The minimum absolute atomic E-state index is 0.207. The molecule has 0 unspecified atom stereocenters. The number of hydrogen-bond donors (Lipinski definition) is 0. The van der Waals surface area contributed by atoms with E-state index in [1.165, 1.54) is 0 Å². The first-order chi connectivity index (χ1) is 10.8. The van der Waals surface area contributed by atoms with Crippen molar-refractivity contribution in [3.8, 4) is 11.5 Å². The quantitative estimate of drug-likeness (QED) is 0.347. The van der Waals surface area contributed by atoms with Gasteiger partial charge >= 0.3 is 18.1 Å². The normalized spacial score (nSPS) is 10.9. The molecular formula is C15H11F3O5. The second kappa shape index (κ2) is 7.83. The van der Waals surface area contributed by atoms with Crippen molar-refractivity contribution in [2.24, 2.45) is 0 Å². The molecule has 0 spiro atoms. The summed E-state index contributed by atoms with van der Waals surface area (Å²) in [5.41, 5.74) is -1.21. The van der Waals surface area contributed by atoms with E-state index in [2.05, 4.69) is 22.6 Å². The average molecular weight is 328 g/mol. The molecule has 0 aliphatic heterocycles. The van der Waals surface area contributed by atoms with Crippen LogP contribution in [0.3, 0.4) is 0 Å². The molecule has 1 aromatic carbocycles. The molecule has 0 saturated heterocycles. The molecule has 0 aliphatic rings. The zero-order valence-electron chi connectivity index (χ0n) is 11.6. The molecule has 8 heteroatoms. The van der Waals surface area contributed by atoms with Crippen LogP contribution in [0.1, 0.15) is 5.56 Å². The summed E-state index contributed by atoms with van der Waals surface area (Å²) in [6, 6.07) is 2.69. The fourth-order valence-corrected chi connectivity index (χ4v) is 1.29. The maximum atomic E-state index is 13.0. The standard InChI is InChI=1S/C15H11F3O5/c1-3-13(19)22-8-7-21-10-5-6-12(23-14(20)4-2)11(9-10)15(16,17)18/h3-9H,1-2H2/b8-7-. The van der Waals surface area contributed by atoms with Crippen LogP contribution in [0.2, 0.25) is 0 Å². The van der Waals surface area contributed by atoms with Gasteiger partial charge in [-0.3, -0.25) is 0 Å². The first-order valence-electron chi connectivity index (χ1n) is 5.98. The van der Waals surface area contributed by atoms with Crippen LogP contribution in [0.15, 0.2) is 56.0 Å². The number of carbonyl (C=O) groups excluding carboxylic acids is 2. The number of hydrogen-bond acceptors (Lipinski definition) is 5. The van der Waals surface area contributed by atoms with E-state index < -0.39 is 29.4 Å². The van der Waals surface area contributed by atoms with Crippen molar-refractivity contribution in [3.05, 3.63) is 61.6 Å². The molecule has 122 valence electrons. The SMILES string of the molecule is C=CC(=O)O/C=C\Oc1ccc(OC(=O)C=C)c(C(F)(F)F)c1. The van der Waals surface area contributed by atoms with Gasteiger partial charge in [-0.2, -0.15) is 13.2 Å². The molecule has 5 nitrogen and oxygen atoms in total. The van der Waals surface area contributed by atoms with E-state index >= 15 is 0 Å². The lowest BCUT2D eigenvalue weighted by molar-refractivity contribution is -0.141. The second-order valence-electron chi connectivity index (χ2n) is 3.81. The van der Waals surface area contributed by atoms with Gasteiger partial charge in [-0.05, 0) is 18.2 Å². The van der Waals surface area contributed by atoms with Crippen LogP contribution in [0.4, 0.5) is 13.2 Å². The summed E-state index contributed by atoms with van der Waals surface area (Å²) in [5.74, 6) is -2.67. The first kappa shape index (κ1) is 18.0. The Bertz CT molecular complexity index is 647. The van der Waals surface area contributed by atoms with E-state index in [-0.39, 0.29) is 5.75 Å². The van der Waals surface area contributed by atoms with Gasteiger partial charge in [0.1, 0.15) is 29.6 Å². The highest BCUT2D eigenvalue weighted by molar-refractivity contribution is 5.83. The van der Waals surface area contributed by atoms with Crippen LogP contribution < -0.4 is 9.47 Å². The fourth-order valence-electron chi connectivity index (χ4n) is 1.29. The molecule has 0 aliphatic carbocycles. The minimum atomic E-state index is -4.77. The van der Waals surface area contributed by atoms with Gasteiger partial charge in [-0.25, -0.2) is 9.59 Å². The Morgan fingerprint density at radius 3 is 2.26 bits per heavy atom. The molecule has 0 atom stereocenters. The van der Waals surface area contributed by atoms with E-state index in [1.807, 2.05) is 0 Å². The van der Waals surface area contributed by atoms with Gasteiger partial charge in [0.15, 0.2) is 0 Å². The van der Waals surface area contributed by atoms with Gasteiger partial charge < -0.3 is 14.2 Å². The predicted octanol–water partition coefficient (Wildman–Crippen LogP) is 3.38. The van der Waals surface area contributed by atoms with E-state index in [9.17, 15) is 22.8 Å². The Balaban J connectivity index is 2.95. The molecule has 0 N–H and O–H groups in total. The first-order valence-corrected chi connectivity index (χ1v) is 5.98. The molecule has 23 heavy (non-hydrogen) atoms. The predicted molar refractivity (Wildman–Crippen MR) is 73.3 cm³/mol. The third-order valence-corrected chi connectivity index (χ3v) is 2.24. The maximum Gasteiger partial charge on any atom is 0.420 e. The van der Waals surface area contributed by atoms with E-state index in [0.717, 1.165) is 36.8 Å². The van der Waals surface area contributed by atoms with Gasteiger partial charge in [0.05, 0.1) is 0 Å². The van der Waals surface area contributed by atoms with E-state index in [4.69, 9.17) is 4.74 Å². The highest BCUT2D eigenvalue weighted by Gasteiger charge is 2.35. The number of ether oxygens (including phenoxy) is 3. The number of rotatable bonds is 6. The summed E-state index contributed by atoms with van der Waals surface area (Å²) in [5, 5.41) is 0. The minimum Gasteiger partial charge on any atom is -0.462 e. The van der Waals surface area contributed by atoms with E-state index in [0.29, 0.717) is 6.07 Å². The largest absolute Gasteiger partial charge is 0.462 e. The molecule has 0 amide bonds. The fraction of sp³-hybridized carbons (Fsp3) is 0.0667. The van der Waals surface area contributed by atoms with Crippen LogP contribution in [0, 0.1) is 0 Å². The monoisotopic (exact) mass is 328 g/mol. The van der Waals surface area contributed by atoms with Crippen LogP contribution in [0.25, 0.3) is 0 Å². The maximum absolute atomic E-state index is 13.0. The van der Waals surface area contributed by atoms with Crippen LogP contribution in [0.5, 0.6) is 11.5 Å². The highest BCUT2D eigenvalue weighted by atomic mass is 19.4. The molecule has 0 radical (unpaired) electrons. The second-order valence-corrected chi connectivity index (χ2v) is 3.81. The smallest absolute Gasteiger partial charge is 0.420 e. The van der Waals surface area contributed by atoms with Crippen molar-refractivity contribution in [2.75, 3.05) is 0 Å². The molecule has 0 bridgehead atoms. The summed E-state index contributed by atoms with van der Waals surface area (Å²) in [7, 11) is 0. The molecule has 0 heterocycles. The molecule has 0 saturated carbocycles. The molecule has 1 rings (SSSR count). The van der Waals surface area contributed by atoms with Gasteiger partial charge in [0, 0.05) is 12.2 Å². The van der Waals surface area contributed by atoms with Crippen LogP contribution >= 0.6 is 0 Å². The lowest BCUT2D eigenvalue weighted by Gasteiger charge is -2.13. The van der Waals surface area contributed by atoms with Gasteiger partial charge in [-0.15, -0.1) is 0 Å². The Morgan fingerprint density at radius 1 is 1.04 bits per heavy atom. The van der Waals surface area contributed by atoms with Crippen molar-refractivity contribution in [1.82, 2.24) is 0 Å². The zero-order chi connectivity index (χ0) is 17.5. The van der Waals surface area contributed by atoms with Crippen molar-refractivity contribution in [1.29, 1.82) is 0 Å². The lowest BCUT2D eigenvalue weighted by Crippen LogP contribution is -2.11. The Morgan fingerprint density at radius 2 is 1.70 bits per heavy atom. The van der Waals surface area contributed by atoms with E-state index in [1.54, 1.807) is 0 Å². The van der Waals surface area contributed by atoms with Gasteiger partial charge in [-0.1, -0.05) is 13.2 Å². The van der Waals surface area contributed by atoms with Crippen LogP contribution in [-0.2, 0) is 20.5 Å². The number of halogens is 3. The van der Waals surface area contributed by atoms with Gasteiger partial charge in [0.2, 0.25) is 0 Å². The van der Waals surface area contributed by atoms with Gasteiger partial charge in [0.25, 0.3) is 0 Å². The Hall–Kier alpha value is -3.03. The number of carbonyl (C=O) groups is 2. The summed E-state index contributed by atoms with van der Waals surface area (Å²) >= 11 is 0. The molecule has 0 fully saturated rings. The van der Waals surface area contributed by atoms with Crippen molar-refractivity contribution in [3.63, 3.8) is 0 Å². The third-order valence-electron chi connectivity index (χ3n) is 2.24. The average Bonchev–Trinajstić information content (AvgIpc) is 2.51. The summed E-state index contributed by atoms with van der Waals surface area (Å²) in [6.07, 6.45) is -1.43. The summed E-state index contributed by atoms with van der Waals surface area (Å²) < 4.78 is 52.7. The highest BCUT2D eigenvalue weighted by Crippen LogP contribution is 2.38. The van der Waals surface area contributed by atoms with Crippen molar-refractivity contribution < 1.29 is 37.0 Å². The van der Waals surface area contributed by atoms with Crippen molar-refractivity contribution >= 4 is 11.9 Å². The van der Waals surface area contributed by atoms with Crippen LogP contribution in [-0.4, -0.2) is 11.9 Å². The third kappa shape index (κ3) is 5.70. The number of esters is 2. The van der Waals surface area contributed by atoms with Crippen molar-refractivity contribution in [2.45, 2.75) is 6.18 Å². The topological polar surface area (TPSA) is 61.8 Å². The number of benzene rings is 1. The summed E-state index contributed by atoms with van der Waals surface area (Å²) in [6.45, 7) is 6.25. The molecule has 1 aromatic rings. The Kier molecular flexibility index (Phi) is 6.13. The Labute approximate surface area is 129 Å². The molecular weight excluding hydrogens is 317 g/mol. The lowest BCUT2D eigenvalue weighted by atomic mass is 10.2. The summed E-state index contributed by atoms with van der Waals surface area (Å²) in [4.78, 5) is 21.8. The zero-order valence-corrected chi connectivity index (χ0v) is 11.6.